The molecule has 1 aliphatic heterocycles. The minimum atomic E-state index is -0.618. The molecule has 0 aromatic carbocycles. The molecule has 0 aromatic rings. The second-order valence-corrected chi connectivity index (χ2v) is 5.06. The molecule has 0 radical (unpaired) electrons. The molecule has 0 aromatic heterocycles. The number of carbonyl (C=O) groups is 1. The van der Waals surface area contributed by atoms with Crippen molar-refractivity contribution >= 4 is 6.09 Å². The van der Waals surface area contributed by atoms with E-state index in [0.29, 0.717) is 19.8 Å². The summed E-state index contributed by atoms with van der Waals surface area (Å²) in [6.45, 7) is 8.43. The third-order valence-corrected chi connectivity index (χ3v) is 2.35. The Bertz CT molecular complexity index is 247. The van der Waals surface area contributed by atoms with Gasteiger partial charge in [-0.25, -0.2) is 4.79 Å². The lowest BCUT2D eigenvalue weighted by Gasteiger charge is -2.37. The summed E-state index contributed by atoms with van der Waals surface area (Å²) in [5.74, 6) is 0. The van der Waals surface area contributed by atoms with Crippen molar-refractivity contribution < 1.29 is 19.4 Å². The number of aliphatic hydroxyl groups excluding tert-OH is 1. The van der Waals surface area contributed by atoms with Gasteiger partial charge in [0, 0.05) is 6.54 Å². The Kier molecular flexibility index (Phi) is 4.15. The summed E-state index contributed by atoms with van der Waals surface area (Å²) in [4.78, 5) is 13.4. The maximum atomic E-state index is 11.9. The molecule has 2 atom stereocenters. The van der Waals surface area contributed by atoms with E-state index in [0.717, 1.165) is 0 Å². The van der Waals surface area contributed by atoms with E-state index in [-0.39, 0.29) is 12.1 Å². The summed E-state index contributed by atoms with van der Waals surface area (Å²) in [6, 6.07) is -0.316. The van der Waals surface area contributed by atoms with Gasteiger partial charge < -0.3 is 14.6 Å². The second kappa shape index (κ2) is 5.01. The minimum Gasteiger partial charge on any atom is -0.444 e. The van der Waals surface area contributed by atoms with Gasteiger partial charge >= 0.3 is 6.09 Å². The molecule has 94 valence electrons. The van der Waals surface area contributed by atoms with Crippen LogP contribution in [0.3, 0.4) is 0 Å². The fourth-order valence-electron chi connectivity index (χ4n) is 1.57. The lowest BCUT2D eigenvalue weighted by Crippen LogP contribution is -2.54. The molecule has 5 nitrogen and oxygen atoms in total. The molecule has 1 rings (SSSR count). The predicted octanol–water partition coefficient (Wildman–Crippen LogP) is 1.00. The monoisotopic (exact) mass is 231 g/mol. The Labute approximate surface area is 96.3 Å². The first-order chi connectivity index (χ1) is 7.31. The molecule has 1 unspecified atom stereocenters. The van der Waals surface area contributed by atoms with Crippen LogP contribution in [0.25, 0.3) is 0 Å². The summed E-state index contributed by atoms with van der Waals surface area (Å²) in [7, 11) is 0. The zero-order valence-electron chi connectivity index (χ0n) is 10.4. The molecule has 0 bridgehead atoms. The maximum absolute atomic E-state index is 11.9. The minimum absolute atomic E-state index is 0.316. The van der Waals surface area contributed by atoms with Crippen molar-refractivity contribution in [2.24, 2.45) is 0 Å². The van der Waals surface area contributed by atoms with Gasteiger partial charge in [0.1, 0.15) is 5.60 Å². The number of amides is 1. The third-order valence-electron chi connectivity index (χ3n) is 2.35. The summed E-state index contributed by atoms with van der Waals surface area (Å²) in [5.41, 5.74) is -0.515. The van der Waals surface area contributed by atoms with Crippen LogP contribution in [0.1, 0.15) is 27.7 Å². The van der Waals surface area contributed by atoms with Crippen LogP contribution in [0.5, 0.6) is 0 Å². The van der Waals surface area contributed by atoms with Gasteiger partial charge in [0.25, 0.3) is 0 Å². The van der Waals surface area contributed by atoms with Crippen molar-refractivity contribution in [1.29, 1.82) is 0 Å². The third kappa shape index (κ3) is 3.64. The Balaban J connectivity index is 2.64. The van der Waals surface area contributed by atoms with E-state index in [1.54, 1.807) is 11.8 Å². The Morgan fingerprint density at radius 3 is 2.69 bits per heavy atom. The number of nitrogens with zero attached hydrogens (tertiary/aromatic N) is 1. The van der Waals surface area contributed by atoms with Crippen molar-refractivity contribution in [3.63, 3.8) is 0 Å². The molecule has 16 heavy (non-hydrogen) atoms. The quantitative estimate of drug-likeness (QED) is 0.731. The smallest absolute Gasteiger partial charge is 0.410 e. The Morgan fingerprint density at radius 2 is 2.19 bits per heavy atom. The van der Waals surface area contributed by atoms with Crippen molar-refractivity contribution in [3.8, 4) is 0 Å². The van der Waals surface area contributed by atoms with Gasteiger partial charge in [-0.15, -0.1) is 0 Å². The SMILES string of the molecule is CC(O)[C@@H]1COCCN1C(=O)OC(C)(C)C. The molecule has 1 heterocycles. The average Bonchev–Trinajstić information content (AvgIpc) is 2.15. The van der Waals surface area contributed by atoms with E-state index in [2.05, 4.69) is 0 Å². The number of aliphatic hydroxyl groups is 1. The van der Waals surface area contributed by atoms with Gasteiger partial charge in [-0.3, -0.25) is 4.90 Å². The standard InChI is InChI=1S/C11H21NO4/c1-8(13)9-7-15-6-5-12(9)10(14)16-11(2,3)4/h8-9,13H,5-7H2,1-4H3/t8?,9-/m0/s1. The molecule has 5 heteroatoms. The van der Waals surface area contributed by atoms with E-state index < -0.39 is 11.7 Å². The Morgan fingerprint density at radius 1 is 1.56 bits per heavy atom. The van der Waals surface area contributed by atoms with Crippen molar-refractivity contribution in [3.05, 3.63) is 0 Å². The fourth-order valence-corrected chi connectivity index (χ4v) is 1.57. The van der Waals surface area contributed by atoms with Gasteiger partial charge in [0.15, 0.2) is 0 Å². The molecule has 1 N–H and O–H groups in total. The van der Waals surface area contributed by atoms with Crippen LogP contribution in [0.2, 0.25) is 0 Å². The van der Waals surface area contributed by atoms with Gasteiger partial charge in [0.05, 0.1) is 25.4 Å². The highest BCUT2D eigenvalue weighted by atomic mass is 16.6. The van der Waals surface area contributed by atoms with Gasteiger partial charge in [-0.2, -0.15) is 0 Å². The summed E-state index contributed by atoms with van der Waals surface area (Å²) in [6.07, 6.45) is -1.01. The van der Waals surface area contributed by atoms with Gasteiger partial charge in [-0.1, -0.05) is 0 Å². The van der Waals surface area contributed by atoms with E-state index in [1.807, 2.05) is 20.8 Å². The van der Waals surface area contributed by atoms with E-state index in [4.69, 9.17) is 9.47 Å². The molecule has 1 amide bonds. The van der Waals surface area contributed by atoms with Crippen molar-refractivity contribution in [2.75, 3.05) is 19.8 Å². The summed E-state index contributed by atoms with van der Waals surface area (Å²) >= 11 is 0. The summed E-state index contributed by atoms with van der Waals surface area (Å²) in [5, 5.41) is 9.57. The van der Waals surface area contributed by atoms with Crippen LogP contribution in [-0.2, 0) is 9.47 Å². The number of rotatable bonds is 1. The lowest BCUT2D eigenvalue weighted by atomic mass is 10.1. The van der Waals surface area contributed by atoms with Crippen molar-refractivity contribution in [1.82, 2.24) is 4.90 Å². The molecule has 1 saturated heterocycles. The highest BCUT2D eigenvalue weighted by Gasteiger charge is 2.33. The first-order valence-corrected chi connectivity index (χ1v) is 5.56. The van der Waals surface area contributed by atoms with E-state index in [1.165, 1.54) is 0 Å². The highest BCUT2D eigenvalue weighted by molar-refractivity contribution is 5.68. The largest absolute Gasteiger partial charge is 0.444 e. The fraction of sp³-hybridized carbons (Fsp3) is 0.909. The topological polar surface area (TPSA) is 59.0 Å². The number of hydrogen-bond donors (Lipinski definition) is 1. The summed E-state index contributed by atoms with van der Waals surface area (Å²) < 4.78 is 10.5. The first-order valence-electron chi connectivity index (χ1n) is 5.56. The molecule has 0 spiro atoms. The Hall–Kier alpha value is -0.810. The second-order valence-electron chi connectivity index (χ2n) is 5.06. The number of morpholine rings is 1. The van der Waals surface area contributed by atoms with Crippen LogP contribution in [0.15, 0.2) is 0 Å². The number of hydrogen-bond acceptors (Lipinski definition) is 4. The van der Waals surface area contributed by atoms with Crippen LogP contribution in [0, 0.1) is 0 Å². The normalized spacial score (nSPS) is 24.1. The van der Waals surface area contributed by atoms with Crippen LogP contribution in [-0.4, -0.2) is 53.6 Å². The van der Waals surface area contributed by atoms with Crippen LogP contribution >= 0.6 is 0 Å². The van der Waals surface area contributed by atoms with Gasteiger partial charge in [0.2, 0.25) is 0 Å². The zero-order chi connectivity index (χ0) is 12.3. The maximum Gasteiger partial charge on any atom is 0.410 e. The van der Waals surface area contributed by atoms with Crippen LogP contribution < -0.4 is 0 Å². The molecule has 1 aliphatic rings. The zero-order valence-corrected chi connectivity index (χ0v) is 10.4. The predicted molar refractivity (Wildman–Crippen MR) is 59.2 cm³/mol. The lowest BCUT2D eigenvalue weighted by molar-refractivity contribution is -0.0623. The molecule has 0 aliphatic carbocycles. The van der Waals surface area contributed by atoms with E-state index >= 15 is 0 Å². The van der Waals surface area contributed by atoms with Crippen molar-refractivity contribution in [2.45, 2.75) is 45.4 Å². The van der Waals surface area contributed by atoms with Gasteiger partial charge in [-0.05, 0) is 27.7 Å². The first kappa shape index (κ1) is 13.3. The van der Waals surface area contributed by atoms with Crippen LogP contribution in [0.4, 0.5) is 4.79 Å². The highest BCUT2D eigenvalue weighted by Crippen LogP contribution is 2.16. The molecular formula is C11H21NO4. The molecular weight excluding hydrogens is 210 g/mol. The average molecular weight is 231 g/mol. The van der Waals surface area contributed by atoms with E-state index in [9.17, 15) is 9.90 Å². The molecule has 1 fully saturated rings. The number of carbonyl (C=O) groups excluding carboxylic acids is 1. The molecule has 0 saturated carbocycles. The number of ether oxygens (including phenoxy) is 2.